The first-order chi connectivity index (χ1) is 9.32. The molecule has 1 heterocycles. The summed E-state index contributed by atoms with van der Waals surface area (Å²) in [5, 5.41) is 0. The summed E-state index contributed by atoms with van der Waals surface area (Å²) in [5.41, 5.74) is 4.95. The minimum Gasteiger partial charge on any atom is -0.494 e. The van der Waals surface area contributed by atoms with E-state index in [4.69, 9.17) is 10.5 Å². The Morgan fingerprint density at radius 3 is 2.35 bits per heavy atom. The number of methoxy groups -OCH3 is 1. The molecular formula is C13H10F4N2O. The lowest BCUT2D eigenvalue weighted by Crippen LogP contribution is -2.07. The van der Waals surface area contributed by atoms with Crippen molar-refractivity contribution in [3.8, 4) is 16.9 Å². The van der Waals surface area contributed by atoms with Gasteiger partial charge in [0.1, 0.15) is 17.1 Å². The molecule has 0 fully saturated rings. The van der Waals surface area contributed by atoms with Crippen LogP contribution in [0.2, 0.25) is 0 Å². The van der Waals surface area contributed by atoms with Gasteiger partial charge in [0, 0.05) is 11.8 Å². The Kier molecular flexibility index (Phi) is 3.52. The van der Waals surface area contributed by atoms with Gasteiger partial charge in [-0.15, -0.1) is 0 Å². The van der Waals surface area contributed by atoms with E-state index in [1.54, 1.807) is 0 Å². The van der Waals surface area contributed by atoms with Crippen molar-refractivity contribution in [1.29, 1.82) is 0 Å². The molecule has 0 radical (unpaired) electrons. The van der Waals surface area contributed by atoms with E-state index < -0.39 is 17.7 Å². The highest BCUT2D eigenvalue weighted by Gasteiger charge is 2.32. The molecular weight excluding hydrogens is 276 g/mol. The second-order valence-electron chi connectivity index (χ2n) is 4.00. The normalized spacial score (nSPS) is 11.4. The molecule has 0 amide bonds. The summed E-state index contributed by atoms with van der Waals surface area (Å²) in [6.45, 7) is 0. The SMILES string of the molecule is COc1cc(-c2ccc(C(F)(F)F)nc2)cc(F)c1N. The van der Waals surface area contributed by atoms with E-state index in [2.05, 4.69) is 4.98 Å². The quantitative estimate of drug-likeness (QED) is 0.679. The summed E-state index contributed by atoms with van der Waals surface area (Å²) in [6.07, 6.45) is -3.49. The number of hydrogen-bond donors (Lipinski definition) is 1. The number of aromatic nitrogens is 1. The van der Waals surface area contributed by atoms with Gasteiger partial charge in [-0.2, -0.15) is 13.2 Å². The van der Waals surface area contributed by atoms with Gasteiger partial charge in [0.25, 0.3) is 0 Å². The molecule has 3 nitrogen and oxygen atoms in total. The van der Waals surface area contributed by atoms with Crippen LogP contribution in [0.25, 0.3) is 11.1 Å². The Balaban J connectivity index is 2.44. The first kappa shape index (κ1) is 14.1. The van der Waals surface area contributed by atoms with Gasteiger partial charge in [-0.05, 0) is 23.8 Å². The Morgan fingerprint density at radius 1 is 1.15 bits per heavy atom. The third-order valence-corrected chi connectivity index (χ3v) is 2.70. The lowest BCUT2D eigenvalue weighted by atomic mass is 10.1. The standard InChI is InChI=1S/C13H10F4N2O/c1-20-10-5-8(4-9(14)12(10)18)7-2-3-11(19-6-7)13(15,16)17/h2-6H,18H2,1H3. The van der Waals surface area contributed by atoms with E-state index in [1.807, 2.05) is 0 Å². The summed E-state index contributed by atoms with van der Waals surface area (Å²) in [5.74, 6) is -0.598. The van der Waals surface area contributed by atoms with Crippen LogP contribution < -0.4 is 10.5 Å². The number of nitrogens with two attached hydrogens (primary N) is 1. The number of halogens is 4. The van der Waals surface area contributed by atoms with Crippen molar-refractivity contribution in [2.24, 2.45) is 0 Å². The molecule has 20 heavy (non-hydrogen) atoms. The fraction of sp³-hybridized carbons (Fsp3) is 0.154. The van der Waals surface area contributed by atoms with Crippen molar-refractivity contribution < 1.29 is 22.3 Å². The molecule has 1 aromatic carbocycles. The highest BCUT2D eigenvalue weighted by Crippen LogP contribution is 2.33. The minimum absolute atomic E-state index is 0.111. The number of nitrogens with zero attached hydrogens (tertiary/aromatic N) is 1. The number of hydrogen-bond acceptors (Lipinski definition) is 3. The van der Waals surface area contributed by atoms with E-state index in [0.717, 1.165) is 18.3 Å². The molecule has 2 rings (SSSR count). The molecule has 0 spiro atoms. The van der Waals surface area contributed by atoms with Crippen LogP contribution in [0.5, 0.6) is 5.75 Å². The average Bonchev–Trinajstić information content (AvgIpc) is 2.41. The molecule has 7 heteroatoms. The number of rotatable bonds is 2. The maximum atomic E-state index is 13.6. The summed E-state index contributed by atoms with van der Waals surface area (Å²) < 4.78 is 55.7. The molecule has 2 N–H and O–H groups in total. The Hall–Kier alpha value is -2.31. The van der Waals surface area contributed by atoms with Crippen LogP contribution in [0.3, 0.4) is 0 Å². The minimum atomic E-state index is -4.51. The Morgan fingerprint density at radius 2 is 1.85 bits per heavy atom. The Bertz CT molecular complexity index is 624. The summed E-state index contributed by atoms with van der Waals surface area (Å²) in [6, 6.07) is 4.58. The van der Waals surface area contributed by atoms with Crippen LogP contribution in [-0.2, 0) is 6.18 Å². The molecule has 0 saturated heterocycles. The van der Waals surface area contributed by atoms with Crippen LogP contribution >= 0.6 is 0 Å². The zero-order chi connectivity index (χ0) is 14.9. The highest BCUT2D eigenvalue weighted by atomic mass is 19.4. The van der Waals surface area contributed by atoms with Gasteiger partial charge in [-0.3, -0.25) is 4.98 Å². The van der Waals surface area contributed by atoms with Gasteiger partial charge < -0.3 is 10.5 Å². The summed E-state index contributed by atoms with van der Waals surface area (Å²) >= 11 is 0. The largest absolute Gasteiger partial charge is 0.494 e. The number of alkyl halides is 3. The number of anilines is 1. The molecule has 0 aliphatic rings. The van der Waals surface area contributed by atoms with Gasteiger partial charge in [-0.25, -0.2) is 4.39 Å². The zero-order valence-corrected chi connectivity index (χ0v) is 10.3. The molecule has 0 saturated carbocycles. The average molecular weight is 286 g/mol. The molecule has 0 atom stereocenters. The van der Waals surface area contributed by atoms with Gasteiger partial charge in [-0.1, -0.05) is 6.07 Å². The first-order valence-electron chi connectivity index (χ1n) is 5.49. The number of pyridine rings is 1. The van der Waals surface area contributed by atoms with Crippen molar-refractivity contribution >= 4 is 5.69 Å². The topological polar surface area (TPSA) is 48.1 Å². The molecule has 0 unspecified atom stereocenters. The molecule has 2 aromatic rings. The lowest BCUT2D eigenvalue weighted by molar-refractivity contribution is -0.141. The van der Waals surface area contributed by atoms with E-state index >= 15 is 0 Å². The second-order valence-corrected chi connectivity index (χ2v) is 4.00. The monoisotopic (exact) mass is 286 g/mol. The van der Waals surface area contributed by atoms with Crippen LogP contribution in [0.1, 0.15) is 5.69 Å². The van der Waals surface area contributed by atoms with Gasteiger partial charge >= 0.3 is 6.18 Å². The fourth-order valence-corrected chi connectivity index (χ4v) is 1.66. The van der Waals surface area contributed by atoms with Gasteiger partial charge in [0.2, 0.25) is 0 Å². The van der Waals surface area contributed by atoms with E-state index in [-0.39, 0.29) is 11.4 Å². The lowest BCUT2D eigenvalue weighted by Gasteiger charge is -2.10. The predicted molar refractivity (Wildman–Crippen MR) is 65.6 cm³/mol. The van der Waals surface area contributed by atoms with Crippen molar-refractivity contribution in [3.63, 3.8) is 0 Å². The summed E-state index contributed by atoms with van der Waals surface area (Å²) in [4.78, 5) is 3.31. The van der Waals surface area contributed by atoms with Gasteiger partial charge in [0.15, 0.2) is 5.82 Å². The number of nitrogen functional groups attached to an aromatic ring is 1. The molecule has 0 aliphatic heterocycles. The van der Waals surface area contributed by atoms with Crippen molar-refractivity contribution in [2.45, 2.75) is 6.18 Å². The third-order valence-electron chi connectivity index (χ3n) is 2.70. The van der Waals surface area contributed by atoms with Crippen molar-refractivity contribution in [1.82, 2.24) is 4.98 Å². The second kappa shape index (κ2) is 4.99. The van der Waals surface area contributed by atoms with Crippen molar-refractivity contribution in [3.05, 3.63) is 42.0 Å². The van der Waals surface area contributed by atoms with Crippen LogP contribution in [-0.4, -0.2) is 12.1 Å². The van der Waals surface area contributed by atoms with E-state index in [1.165, 1.54) is 19.2 Å². The van der Waals surface area contributed by atoms with Crippen LogP contribution in [0, 0.1) is 5.82 Å². The maximum Gasteiger partial charge on any atom is 0.433 e. The molecule has 0 bridgehead atoms. The predicted octanol–water partition coefficient (Wildman–Crippen LogP) is 3.50. The first-order valence-corrected chi connectivity index (χ1v) is 5.49. The third kappa shape index (κ3) is 2.66. The molecule has 106 valence electrons. The van der Waals surface area contributed by atoms with Crippen LogP contribution in [0.4, 0.5) is 23.2 Å². The van der Waals surface area contributed by atoms with E-state index in [0.29, 0.717) is 11.1 Å². The molecule has 1 aromatic heterocycles. The van der Waals surface area contributed by atoms with E-state index in [9.17, 15) is 17.6 Å². The highest BCUT2D eigenvalue weighted by molar-refractivity contribution is 5.69. The Labute approximate surface area is 112 Å². The molecule has 0 aliphatic carbocycles. The smallest absolute Gasteiger partial charge is 0.433 e. The fourth-order valence-electron chi connectivity index (χ4n) is 1.66. The maximum absolute atomic E-state index is 13.6. The van der Waals surface area contributed by atoms with Crippen molar-refractivity contribution in [2.75, 3.05) is 12.8 Å². The summed E-state index contributed by atoms with van der Waals surface area (Å²) in [7, 11) is 1.32. The van der Waals surface area contributed by atoms with Crippen LogP contribution in [0.15, 0.2) is 30.5 Å². The number of ether oxygens (including phenoxy) is 1. The zero-order valence-electron chi connectivity index (χ0n) is 10.3. The van der Waals surface area contributed by atoms with Gasteiger partial charge in [0.05, 0.1) is 7.11 Å². The number of benzene rings is 1.